The second-order valence-electron chi connectivity index (χ2n) is 13.4. The molecule has 0 aromatic heterocycles. The number of likely N-dealkylation sites (N-methyl/N-ethyl adjacent to an activating group) is 1. The Hall–Kier alpha value is -3.55. The summed E-state index contributed by atoms with van der Waals surface area (Å²) in [6.45, 7) is 5.06. The van der Waals surface area contributed by atoms with E-state index in [0.717, 1.165) is 31.2 Å². The maximum atomic E-state index is 13.9. The number of benzene rings is 1. The predicted octanol–water partition coefficient (Wildman–Crippen LogP) is 1.33. The first-order valence-corrected chi connectivity index (χ1v) is 16.4. The third-order valence-corrected chi connectivity index (χ3v) is 9.59. The van der Waals surface area contributed by atoms with Gasteiger partial charge in [-0.1, -0.05) is 43.7 Å². The Bertz CT molecular complexity index is 1230. The molecule has 1 saturated carbocycles. The van der Waals surface area contributed by atoms with Crippen LogP contribution in [-0.2, 0) is 39.9 Å². The van der Waals surface area contributed by atoms with E-state index in [-0.39, 0.29) is 43.2 Å². The number of ether oxygens (including phenoxy) is 2. The van der Waals surface area contributed by atoms with Gasteiger partial charge in [0.1, 0.15) is 6.04 Å². The van der Waals surface area contributed by atoms with E-state index >= 15 is 0 Å². The molecule has 0 spiro atoms. The van der Waals surface area contributed by atoms with E-state index in [1.807, 2.05) is 30.3 Å². The highest BCUT2D eigenvalue weighted by molar-refractivity contribution is 5.89. The summed E-state index contributed by atoms with van der Waals surface area (Å²) in [4.78, 5) is 68.0. The lowest BCUT2D eigenvalue weighted by atomic mass is 9.76. The molecule has 6 atom stereocenters. The zero-order valence-electron chi connectivity index (χ0n) is 28.6. The summed E-state index contributed by atoms with van der Waals surface area (Å²) in [5.41, 5.74) is 5.51. The van der Waals surface area contributed by atoms with Crippen LogP contribution in [0.3, 0.4) is 0 Å². The van der Waals surface area contributed by atoms with Crippen molar-refractivity contribution in [1.29, 1.82) is 0 Å². The quantitative estimate of drug-likeness (QED) is 0.192. The van der Waals surface area contributed by atoms with Crippen LogP contribution < -0.4 is 16.4 Å². The van der Waals surface area contributed by atoms with Gasteiger partial charge in [0.15, 0.2) is 0 Å². The molecule has 0 radical (unpaired) electrons. The molecule has 4 amide bonds. The molecule has 5 N–H and O–H groups in total. The van der Waals surface area contributed by atoms with E-state index in [9.17, 15) is 29.1 Å². The first kappa shape index (κ1) is 37.9. The second-order valence-corrected chi connectivity index (χ2v) is 13.4. The van der Waals surface area contributed by atoms with Crippen LogP contribution in [0.25, 0.3) is 0 Å². The fraction of sp³-hybridized carbons (Fsp3) is 0.676. The van der Waals surface area contributed by atoms with Crippen LogP contribution in [0.5, 0.6) is 0 Å². The number of aliphatic carboxylic acids is 1. The molecule has 1 saturated heterocycles. The Balaban J connectivity index is 1.69. The number of hydrogen-bond donors (Lipinski definition) is 4. The van der Waals surface area contributed by atoms with Crippen LogP contribution >= 0.6 is 0 Å². The highest BCUT2D eigenvalue weighted by Crippen LogP contribution is 2.36. The normalized spacial score (nSPS) is 19.9. The van der Waals surface area contributed by atoms with Gasteiger partial charge < -0.3 is 40.7 Å². The maximum Gasteiger partial charge on any atom is 0.326 e. The van der Waals surface area contributed by atoms with E-state index in [1.165, 1.54) is 14.2 Å². The maximum absolute atomic E-state index is 13.9. The Morgan fingerprint density at radius 1 is 1.06 bits per heavy atom. The number of likely N-dealkylation sites (tertiary alicyclic amines) is 1. The molecular formula is C34H53N5O8. The number of rotatable bonds is 17. The Morgan fingerprint density at radius 3 is 2.26 bits per heavy atom. The molecule has 1 aliphatic heterocycles. The van der Waals surface area contributed by atoms with Crippen LogP contribution in [0, 0.1) is 11.8 Å². The van der Waals surface area contributed by atoms with Gasteiger partial charge in [0.05, 0.1) is 48.7 Å². The minimum absolute atomic E-state index is 0.0170. The molecule has 1 aromatic carbocycles. The van der Waals surface area contributed by atoms with Crippen LogP contribution in [0.15, 0.2) is 30.3 Å². The van der Waals surface area contributed by atoms with Gasteiger partial charge in [0, 0.05) is 34.2 Å². The standard InChI is InChI=1S/C34H53N5O8/c1-21(31(42)37-24(32(43)44)18-22-12-8-7-9-13-22)30(47-6)25-16-11-17-39(25)27(40)19-26(46-5)29(23-14-10-15-23)38(4)28(41)20-36-33(45)34(2,3)35/h7-9,12-13,21,23-26,29-30H,10-11,14-20,35H2,1-6H3,(H,36,45)(H,37,42)(H,43,44). The highest BCUT2D eigenvalue weighted by Gasteiger charge is 2.44. The fourth-order valence-corrected chi connectivity index (χ4v) is 6.60. The number of methoxy groups -OCH3 is 2. The number of nitrogens with two attached hydrogens (primary N) is 1. The molecule has 3 rings (SSSR count). The molecule has 2 aliphatic rings. The highest BCUT2D eigenvalue weighted by atomic mass is 16.5. The predicted molar refractivity (Wildman–Crippen MR) is 175 cm³/mol. The van der Waals surface area contributed by atoms with Crippen molar-refractivity contribution in [3.63, 3.8) is 0 Å². The first-order chi connectivity index (χ1) is 22.2. The van der Waals surface area contributed by atoms with Crippen molar-refractivity contribution >= 4 is 29.6 Å². The molecule has 47 heavy (non-hydrogen) atoms. The summed E-state index contributed by atoms with van der Waals surface area (Å²) < 4.78 is 11.7. The summed E-state index contributed by atoms with van der Waals surface area (Å²) in [6.07, 6.45) is 3.03. The summed E-state index contributed by atoms with van der Waals surface area (Å²) in [5.74, 6) is -3.13. The van der Waals surface area contributed by atoms with Gasteiger partial charge in [-0.05, 0) is 51.0 Å². The Kier molecular flexibility index (Phi) is 13.7. The molecule has 2 fully saturated rings. The van der Waals surface area contributed by atoms with Crippen molar-refractivity contribution in [1.82, 2.24) is 20.4 Å². The largest absolute Gasteiger partial charge is 0.480 e. The number of hydrogen-bond acceptors (Lipinski definition) is 8. The Labute approximate surface area is 277 Å². The first-order valence-electron chi connectivity index (χ1n) is 16.4. The monoisotopic (exact) mass is 659 g/mol. The van der Waals surface area contributed by atoms with Crippen LogP contribution in [0.2, 0.25) is 0 Å². The number of nitrogens with zero attached hydrogens (tertiary/aromatic N) is 2. The van der Waals surface area contributed by atoms with Gasteiger partial charge in [-0.25, -0.2) is 4.79 Å². The lowest BCUT2D eigenvalue weighted by Gasteiger charge is -2.43. The van der Waals surface area contributed by atoms with E-state index in [2.05, 4.69) is 10.6 Å². The van der Waals surface area contributed by atoms with Crippen molar-refractivity contribution in [2.24, 2.45) is 17.6 Å². The van der Waals surface area contributed by atoms with E-state index in [0.29, 0.717) is 13.0 Å². The smallest absolute Gasteiger partial charge is 0.326 e. The summed E-state index contributed by atoms with van der Waals surface area (Å²) in [6, 6.07) is 7.18. The summed E-state index contributed by atoms with van der Waals surface area (Å²) >= 11 is 0. The van der Waals surface area contributed by atoms with Gasteiger partial charge in [-0.2, -0.15) is 0 Å². The van der Waals surface area contributed by atoms with Crippen molar-refractivity contribution in [2.45, 2.75) is 102 Å². The number of carbonyl (C=O) groups is 5. The molecule has 6 unspecified atom stereocenters. The number of nitrogens with one attached hydrogen (secondary N) is 2. The lowest BCUT2D eigenvalue weighted by molar-refractivity contribution is -0.147. The number of carboxylic acid groups (broad SMARTS) is 1. The van der Waals surface area contributed by atoms with Gasteiger partial charge in [0.25, 0.3) is 0 Å². The second kappa shape index (κ2) is 17.0. The van der Waals surface area contributed by atoms with Gasteiger partial charge in [-0.3, -0.25) is 19.2 Å². The SMILES string of the molecule is COC(CC(=O)N1CCCC1C(OC)C(C)C(=O)NC(Cc1ccccc1)C(=O)O)C(C1CCC1)N(C)C(=O)CNC(=O)C(C)(C)N. The topological polar surface area (TPSA) is 181 Å². The zero-order valence-corrected chi connectivity index (χ0v) is 28.6. The molecule has 1 aromatic rings. The van der Waals surface area contributed by atoms with E-state index < -0.39 is 53.5 Å². The van der Waals surface area contributed by atoms with Crippen molar-refractivity contribution in [3.8, 4) is 0 Å². The van der Waals surface area contributed by atoms with E-state index in [1.54, 1.807) is 37.6 Å². The fourth-order valence-electron chi connectivity index (χ4n) is 6.60. The molecule has 13 nitrogen and oxygen atoms in total. The molecule has 13 heteroatoms. The van der Waals surface area contributed by atoms with Crippen molar-refractivity contribution in [3.05, 3.63) is 35.9 Å². The average molecular weight is 660 g/mol. The minimum atomic E-state index is -1.14. The van der Waals surface area contributed by atoms with Gasteiger partial charge >= 0.3 is 5.97 Å². The number of carboxylic acids is 1. The van der Waals surface area contributed by atoms with Crippen LogP contribution in [0.1, 0.15) is 64.9 Å². The molecular weight excluding hydrogens is 606 g/mol. The molecule has 262 valence electrons. The minimum Gasteiger partial charge on any atom is -0.480 e. The molecule has 1 heterocycles. The van der Waals surface area contributed by atoms with Gasteiger partial charge in [0.2, 0.25) is 23.6 Å². The van der Waals surface area contributed by atoms with Crippen molar-refractivity contribution < 1.29 is 38.6 Å². The third-order valence-electron chi connectivity index (χ3n) is 9.59. The third kappa shape index (κ3) is 9.97. The van der Waals surface area contributed by atoms with Crippen LogP contribution in [0.4, 0.5) is 0 Å². The zero-order chi connectivity index (χ0) is 34.9. The summed E-state index contributed by atoms with van der Waals surface area (Å²) in [5, 5.41) is 15.1. The number of carbonyl (C=O) groups excluding carboxylic acids is 4. The number of amides is 4. The van der Waals surface area contributed by atoms with Crippen LogP contribution in [-0.4, -0.2) is 115 Å². The Morgan fingerprint density at radius 2 is 1.72 bits per heavy atom. The average Bonchev–Trinajstić information content (AvgIpc) is 3.49. The van der Waals surface area contributed by atoms with E-state index in [4.69, 9.17) is 15.2 Å². The summed E-state index contributed by atoms with van der Waals surface area (Å²) in [7, 11) is 4.69. The molecule has 1 aliphatic carbocycles. The van der Waals surface area contributed by atoms with Crippen molar-refractivity contribution in [2.75, 3.05) is 34.4 Å². The lowest BCUT2D eigenvalue weighted by Crippen LogP contribution is -2.57. The molecule has 0 bridgehead atoms. The van der Waals surface area contributed by atoms with Gasteiger partial charge in [-0.15, -0.1) is 0 Å².